The number of piperazine rings is 1. The van der Waals surface area contributed by atoms with Gasteiger partial charge >= 0.3 is 0 Å². The second kappa shape index (κ2) is 11.3. The molecular formula is C29H37FN4O. The first-order chi connectivity index (χ1) is 17.2. The summed E-state index contributed by atoms with van der Waals surface area (Å²) in [5.41, 5.74) is 4.45. The Morgan fingerprint density at radius 1 is 0.829 bits per heavy atom. The van der Waals surface area contributed by atoms with Crippen LogP contribution in [-0.2, 0) is 13.0 Å². The molecule has 1 saturated heterocycles. The fourth-order valence-corrected chi connectivity index (χ4v) is 5.69. The van der Waals surface area contributed by atoms with Gasteiger partial charge in [-0.15, -0.1) is 0 Å². The van der Waals surface area contributed by atoms with Crippen LogP contribution in [0.3, 0.4) is 0 Å². The normalized spacial score (nSPS) is 16.8. The number of amides is 1. The fraction of sp³-hybridized carbons (Fsp3) is 0.483. The molecule has 2 aliphatic heterocycles. The van der Waals surface area contributed by atoms with Gasteiger partial charge in [0.25, 0.3) is 5.91 Å². The zero-order valence-corrected chi connectivity index (χ0v) is 20.6. The first kappa shape index (κ1) is 23.9. The van der Waals surface area contributed by atoms with Crippen molar-refractivity contribution in [3.8, 4) is 0 Å². The van der Waals surface area contributed by atoms with Crippen LogP contribution >= 0.6 is 0 Å². The highest BCUT2D eigenvalue weighted by molar-refractivity contribution is 6.08. The van der Waals surface area contributed by atoms with Crippen molar-refractivity contribution in [1.29, 1.82) is 0 Å². The molecule has 0 saturated carbocycles. The number of nitrogens with one attached hydrogen (secondary N) is 1. The number of carbonyl (C=O) groups excluding carboxylic acids is 1. The maximum absolute atomic E-state index is 13.2. The van der Waals surface area contributed by atoms with Gasteiger partial charge in [0.1, 0.15) is 5.82 Å². The highest BCUT2D eigenvalue weighted by atomic mass is 19.1. The van der Waals surface area contributed by atoms with Crippen molar-refractivity contribution in [3.05, 3.63) is 65.6 Å². The van der Waals surface area contributed by atoms with Crippen molar-refractivity contribution in [2.45, 2.75) is 51.5 Å². The first-order valence-corrected chi connectivity index (χ1v) is 13.3. The van der Waals surface area contributed by atoms with Crippen molar-refractivity contribution in [3.63, 3.8) is 0 Å². The second-order valence-corrected chi connectivity index (χ2v) is 9.92. The Bertz CT molecular complexity index is 1130. The Hall–Kier alpha value is -2.86. The first-order valence-electron chi connectivity index (χ1n) is 13.3. The van der Waals surface area contributed by atoms with E-state index in [1.54, 1.807) is 12.1 Å². The van der Waals surface area contributed by atoms with Crippen LogP contribution in [0, 0.1) is 5.82 Å². The lowest BCUT2D eigenvalue weighted by Gasteiger charge is -2.36. The van der Waals surface area contributed by atoms with Crippen molar-refractivity contribution in [2.24, 2.45) is 0 Å². The van der Waals surface area contributed by atoms with Crippen LogP contribution < -0.4 is 10.2 Å². The Kier molecular flexibility index (Phi) is 7.67. The molecule has 1 fully saturated rings. The quantitative estimate of drug-likeness (QED) is 0.430. The topological polar surface area (TPSA) is 40.5 Å². The number of fused-ring (bicyclic) bond motifs is 3. The van der Waals surface area contributed by atoms with Gasteiger partial charge in [-0.05, 0) is 62.6 Å². The number of carbonyl (C=O) groups is 1. The highest BCUT2D eigenvalue weighted by Gasteiger charge is 2.23. The number of para-hydroxylation sites is 1. The molecule has 1 amide bonds. The van der Waals surface area contributed by atoms with E-state index in [2.05, 4.69) is 37.9 Å². The number of nitrogens with zero attached hydrogens (tertiary/aromatic N) is 3. The maximum Gasteiger partial charge on any atom is 0.253 e. The van der Waals surface area contributed by atoms with Gasteiger partial charge in [0.05, 0.1) is 5.56 Å². The molecule has 186 valence electrons. The lowest BCUT2D eigenvalue weighted by molar-refractivity contribution is 0.0957. The third kappa shape index (κ3) is 5.53. The minimum atomic E-state index is -0.170. The van der Waals surface area contributed by atoms with Gasteiger partial charge in [0.2, 0.25) is 0 Å². The average molecular weight is 477 g/mol. The second-order valence-electron chi connectivity index (χ2n) is 9.92. The predicted octanol–water partition coefficient (Wildman–Crippen LogP) is 5.23. The summed E-state index contributed by atoms with van der Waals surface area (Å²) in [6.45, 7) is 7.12. The number of benzene rings is 2. The van der Waals surface area contributed by atoms with E-state index in [1.807, 2.05) is 18.2 Å². The molecule has 1 aromatic heterocycles. The van der Waals surface area contributed by atoms with Gasteiger partial charge < -0.3 is 14.8 Å². The van der Waals surface area contributed by atoms with Crippen LogP contribution in [0.5, 0.6) is 0 Å². The molecule has 0 unspecified atom stereocenters. The van der Waals surface area contributed by atoms with E-state index in [9.17, 15) is 9.18 Å². The van der Waals surface area contributed by atoms with Crippen LogP contribution in [0.1, 0.15) is 54.6 Å². The lowest BCUT2D eigenvalue weighted by atomic mass is 10.1. The molecule has 1 N–H and O–H groups in total. The summed E-state index contributed by atoms with van der Waals surface area (Å²) in [6, 6.07) is 15.2. The number of rotatable bonds is 9. The molecule has 2 aliphatic rings. The van der Waals surface area contributed by atoms with Crippen molar-refractivity contribution < 1.29 is 9.18 Å². The van der Waals surface area contributed by atoms with E-state index in [0.717, 1.165) is 75.2 Å². The van der Waals surface area contributed by atoms with Gasteiger partial charge in [-0.3, -0.25) is 9.69 Å². The van der Waals surface area contributed by atoms with E-state index in [-0.39, 0.29) is 11.7 Å². The van der Waals surface area contributed by atoms with Gasteiger partial charge in [-0.2, -0.15) is 0 Å². The van der Waals surface area contributed by atoms with Crippen LogP contribution in [-0.4, -0.2) is 54.6 Å². The molecule has 0 aliphatic carbocycles. The molecule has 3 heterocycles. The number of hydrogen-bond donors (Lipinski definition) is 1. The molecule has 2 aromatic carbocycles. The summed E-state index contributed by atoms with van der Waals surface area (Å²) in [7, 11) is 0. The Labute approximate surface area is 207 Å². The van der Waals surface area contributed by atoms with Crippen LogP contribution in [0.25, 0.3) is 10.9 Å². The Morgan fingerprint density at radius 3 is 2.34 bits per heavy atom. The molecule has 0 spiro atoms. The summed E-state index contributed by atoms with van der Waals surface area (Å²) in [5.74, 6) is -0.0812. The highest BCUT2D eigenvalue weighted by Crippen LogP contribution is 2.29. The number of halogens is 1. The minimum Gasteiger partial charge on any atom is -0.369 e. The summed E-state index contributed by atoms with van der Waals surface area (Å²) in [6.07, 6.45) is 8.14. The smallest absolute Gasteiger partial charge is 0.253 e. The fourth-order valence-electron chi connectivity index (χ4n) is 5.69. The average Bonchev–Trinajstić information content (AvgIpc) is 3.07. The van der Waals surface area contributed by atoms with E-state index in [4.69, 9.17) is 0 Å². The van der Waals surface area contributed by atoms with Gasteiger partial charge in [0.15, 0.2) is 0 Å². The zero-order chi connectivity index (χ0) is 24.0. The molecule has 6 heteroatoms. The van der Waals surface area contributed by atoms with Crippen LogP contribution in [0.15, 0.2) is 48.5 Å². The minimum absolute atomic E-state index is 0.0888. The molecule has 0 bridgehead atoms. The number of hydrogen-bond acceptors (Lipinski definition) is 3. The summed E-state index contributed by atoms with van der Waals surface area (Å²) < 4.78 is 15.6. The molecule has 35 heavy (non-hydrogen) atoms. The Morgan fingerprint density at radius 2 is 1.54 bits per heavy atom. The van der Waals surface area contributed by atoms with Crippen molar-refractivity contribution >= 4 is 22.5 Å². The standard InChI is InChI=1S/C29H37FN4O/c30-23-12-14-24(15-13-23)33-21-19-32(20-22-33)17-6-2-1-3-7-18-34-26-10-5-4-9-25(26)28-27(34)11-8-16-31-29(28)35/h4-5,9-10,12-15H,1-3,6-8,11,16-22H2,(H,31,35). The number of aryl methyl sites for hydroxylation is 1. The molecule has 5 nitrogen and oxygen atoms in total. The monoisotopic (exact) mass is 476 g/mol. The maximum atomic E-state index is 13.2. The molecule has 0 atom stereocenters. The van der Waals surface area contributed by atoms with Crippen LogP contribution in [0.4, 0.5) is 10.1 Å². The van der Waals surface area contributed by atoms with Gasteiger partial charge in [-0.1, -0.05) is 37.5 Å². The van der Waals surface area contributed by atoms with Gasteiger partial charge in [0, 0.05) is 61.6 Å². The molecule has 0 radical (unpaired) electrons. The molecule has 3 aromatic rings. The summed E-state index contributed by atoms with van der Waals surface area (Å²) in [4.78, 5) is 17.6. The third-order valence-electron chi connectivity index (χ3n) is 7.60. The third-order valence-corrected chi connectivity index (χ3v) is 7.60. The van der Waals surface area contributed by atoms with Crippen molar-refractivity contribution in [1.82, 2.24) is 14.8 Å². The number of aromatic nitrogens is 1. The van der Waals surface area contributed by atoms with E-state index in [0.29, 0.717) is 0 Å². The molecule has 5 rings (SSSR count). The Balaban J connectivity index is 1.03. The SMILES string of the molecule is O=C1NCCCc2c1c1ccccc1n2CCCCCCCN1CCN(c2ccc(F)cc2)CC1. The predicted molar refractivity (Wildman–Crippen MR) is 141 cm³/mol. The summed E-state index contributed by atoms with van der Waals surface area (Å²) >= 11 is 0. The van der Waals surface area contributed by atoms with Crippen molar-refractivity contribution in [2.75, 3.05) is 44.2 Å². The van der Waals surface area contributed by atoms with Crippen LogP contribution in [0.2, 0.25) is 0 Å². The number of unbranched alkanes of at least 4 members (excludes halogenated alkanes) is 4. The van der Waals surface area contributed by atoms with E-state index < -0.39 is 0 Å². The molecular weight excluding hydrogens is 439 g/mol. The summed E-state index contributed by atoms with van der Waals surface area (Å²) in [5, 5.41) is 4.16. The van der Waals surface area contributed by atoms with Gasteiger partial charge in [-0.25, -0.2) is 4.39 Å². The largest absolute Gasteiger partial charge is 0.369 e. The lowest BCUT2D eigenvalue weighted by Crippen LogP contribution is -2.46. The number of anilines is 1. The van der Waals surface area contributed by atoms with E-state index >= 15 is 0 Å². The van der Waals surface area contributed by atoms with E-state index in [1.165, 1.54) is 43.4 Å². The zero-order valence-electron chi connectivity index (χ0n) is 20.6.